The molecular weight excluding hydrogens is 348 g/mol. The molecule has 0 saturated heterocycles. The van der Waals surface area contributed by atoms with E-state index in [2.05, 4.69) is 23.7 Å². The highest BCUT2D eigenvalue weighted by molar-refractivity contribution is 6.33. The summed E-state index contributed by atoms with van der Waals surface area (Å²) in [6.07, 6.45) is 4.71. The maximum atomic E-state index is 12.9. The first-order valence-electron chi connectivity index (χ1n) is 9.28. The van der Waals surface area contributed by atoms with Crippen molar-refractivity contribution < 1.29 is 4.79 Å². The van der Waals surface area contributed by atoms with E-state index in [0.29, 0.717) is 17.1 Å². The van der Waals surface area contributed by atoms with Crippen LogP contribution in [0.15, 0.2) is 35.1 Å². The van der Waals surface area contributed by atoms with Gasteiger partial charge in [-0.3, -0.25) is 9.59 Å². The number of carbonyl (C=O) groups is 1. The number of benzene rings is 1. The number of aryl methyl sites for hydroxylation is 1. The van der Waals surface area contributed by atoms with Crippen LogP contribution in [0.5, 0.6) is 0 Å². The molecule has 1 aromatic carbocycles. The zero-order valence-corrected chi connectivity index (χ0v) is 16.5. The minimum atomic E-state index is -0.389. The zero-order valence-electron chi connectivity index (χ0n) is 15.8. The Hall–Kier alpha value is -2.07. The number of unbranched alkanes of at least 4 members (excludes halogenated alkanes) is 2. The maximum Gasteiger partial charge on any atom is 0.261 e. The average Bonchev–Trinajstić information content (AvgIpc) is 2.60. The molecule has 1 N–H and O–H groups in total. The van der Waals surface area contributed by atoms with Crippen molar-refractivity contribution in [3.05, 3.63) is 62.5 Å². The molecule has 0 saturated carbocycles. The van der Waals surface area contributed by atoms with E-state index in [1.807, 2.05) is 6.92 Å². The third-order valence-corrected chi connectivity index (χ3v) is 4.81. The molecule has 0 radical (unpaired) electrons. The molecule has 140 valence electrons. The molecule has 0 aliphatic heterocycles. The molecule has 0 aliphatic rings. The summed E-state index contributed by atoms with van der Waals surface area (Å²) in [6.45, 7) is 6.98. The fourth-order valence-electron chi connectivity index (χ4n) is 3.05. The van der Waals surface area contributed by atoms with Crippen LogP contribution in [0.4, 0.5) is 5.69 Å². The number of hydrogen-bond acceptors (Lipinski definition) is 2. The molecule has 0 unspecified atom stereocenters. The minimum Gasteiger partial charge on any atom is -0.348 e. The highest BCUT2D eigenvalue weighted by Crippen LogP contribution is 2.22. The van der Waals surface area contributed by atoms with Crippen LogP contribution in [-0.2, 0) is 13.0 Å². The number of anilines is 1. The van der Waals surface area contributed by atoms with Gasteiger partial charge in [-0.1, -0.05) is 50.4 Å². The molecule has 1 heterocycles. The van der Waals surface area contributed by atoms with E-state index in [1.165, 1.54) is 0 Å². The average molecular weight is 375 g/mol. The van der Waals surface area contributed by atoms with Crippen LogP contribution in [0, 0.1) is 6.92 Å². The van der Waals surface area contributed by atoms with Crippen molar-refractivity contribution in [3.63, 3.8) is 0 Å². The SMILES string of the molecule is CCCCc1c(C(=O)Nc2ccccc2Cl)c(=O)cc(C)n1CCCC. The van der Waals surface area contributed by atoms with E-state index < -0.39 is 0 Å². The summed E-state index contributed by atoms with van der Waals surface area (Å²) in [5.74, 6) is -0.389. The number of nitrogens with one attached hydrogen (secondary N) is 1. The number of para-hydroxylation sites is 1. The lowest BCUT2D eigenvalue weighted by Crippen LogP contribution is -2.28. The molecule has 2 aromatic rings. The van der Waals surface area contributed by atoms with Gasteiger partial charge in [0.05, 0.1) is 10.7 Å². The van der Waals surface area contributed by atoms with Gasteiger partial charge in [0.25, 0.3) is 5.91 Å². The standard InChI is InChI=1S/C21H27ClN2O2/c1-4-6-12-18-20(19(25)14-15(3)24(18)13-7-5-2)21(26)23-17-11-9-8-10-16(17)22/h8-11,14H,4-7,12-13H2,1-3H3,(H,23,26). The molecule has 26 heavy (non-hydrogen) atoms. The van der Waals surface area contributed by atoms with Crippen LogP contribution in [0.1, 0.15) is 61.3 Å². The summed E-state index contributed by atoms with van der Waals surface area (Å²) in [7, 11) is 0. The lowest BCUT2D eigenvalue weighted by atomic mass is 10.0. The largest absolute Gasteiger partial charge is 0.348 e. The summed E-state index contributed by atoms with van der Waals surface area (Å²) in [5.41, 5.74) is 2.25. The number of nitrogens with zero attached hydrogens (tertiary/aromatic N) is 1. The molecular formula is C21H27ClN2O2. The van der Waals surface area contributed by atoms with Gasteiger partial charge in [0.1, 0.15) is 5.56 Å². The minimum absolute atomic E-state index is 0.231. The van der Waals surface area contributed by atoms with Crippen molar-refractivity contribution in [3.8, 4) is 0 Å². The van der Waals surface area contributed by atoms with Crippen molar-refractivity contribution in [2.45, 2.75) is 59.4 Å². The summed E-state index contributed by atoms with van der Waals surface area (Å²) in [5, 5.41) is 3.26. The van der Waals surface area contributed by atoms with E-state index in [1.54, 1.807) is 30.3 Å². The Morgan fingerprint density at radius 2 is 1.85 bits per heavy atom. The van der Waals surface area contributed by atoms with E-state index in [4.69, 9.17) is 11.6 Å². The van der Waals surface area contributed by atoms with Gasteiger partial charge in [-0.25, -0.2) is 0 Å². The van der Waals surface area contributed by atoms with Gasteiger partial charge < -0.3 is 9.88 Å². The van der Waals surface area contributed by atoms with Crippen LogP contribution in [0.2, 0.25) is 5.02 Å². The first kappa shape index (κ1) is 20.2. The third kappa shape index (κ3) is 4.76. The number of pyridine rings is 1. The van der Waals surface area contributed by atoms with Gasteiger partial charge in [0.15, 0.2) is 5.43 Å². The molecule has 0 fully saturated rings. The van der Waals surface area contributed by atoms with Gasteiger partial charge in [0.2, 0.25) is 0 Å². The van der Waals surface area contributed by atoms with Gasteiger partial charge in [-0.05, 0) is 38.3 Å². The lowest BCUT2D eigenvalue weighted by Gasteiger charge is -2.20. The number of carbonyl (C=O) groups excluding carboxylic acids is 1. The monoisotopic (exact) mass is 374 g/mol. The smallest absolute Gasteiger partial charge is 0.261 e. The topological polar surface area (TPSA) is 51.1 Å². The molecule has 1 amide bonds. The Kier molecular flexibility index (Phi) is 7.46. The van der Waals surface area contributed by atoms with Crippen molar-refractivity contribution >= 4 is 23.2 Å². The molecule has 0 bridgehead atoms. The molecule has 2 rings (SSSR count). The van der Waals surface area contributed by atoms with E-state index >= 15 is 0 Å². The lowest BCUT2D eigenvalue weighted by molar-refractivity contribution is 0.102. The molecule has 1 aromatic heterocycles. The summed E-state index contributed by atoms with van der Waals surface area (Å²) in [6, 6.07) is 8.61. The Morgan fingerprint density at radius 1 is 1.15 bits per heavy atom. The van der Waals surface area contributed by atoms with Crippen LogP contribution in [0.25, 0.3) is 0 Å². The number of amides is 1. The predicted octanol–water partition coefficient (Wildman–Crippen LogP) is 5.21. The van der Waals surface area contributed by atoms with Crippen molar-refractivity contribution in [2.24, 2.45) is 0 Å². The predicted molar refractivity (Wildman–Crippen MR) is 108 cm³/mol. The Balaban J connectivity index is 2.49. The van der Waals surface area contributed by atoms with Crippen LogP contribution in [0.3, 0.4) is 0 Å². The molecule has 0 aliphatic carbocycles. The number of aromatic nitrogens is 1. The first-order chi connectivity index (χ1) is 12.5. The second-order valence-electron chi connectivity index (χ2n) is 6.51. The number of hydrogen-bond donors (Lipinski definition) is 1. The Bertz CT molecular complexity index is 827. The Morgan fingerprint density at radius 3 is 2.50 bits per heavy atom. The summed E-state index contributed by atoms with van der Waals surface area (Å²) < 4.78 is 2.13. The summed E-state index contributed by atoms with van der Waals surface area (Å²) >= 11 is 6.15. The van der Waals surface area contributed by atoms with E-state index in [-0.39, 0.29) is 16.9 Å². The third-order valence-electron chi connectivity index (χ3n) is 4.48. The fraction of sp³-hybridized carbons (Fsp3) is 0.429. The van der Waals surface area contributed by atoms with Crippen molar-refractivity contribution in [1.82, 2.24) is 4.57 Å². The summed E-state index contributed by atoms with van der Waals surface area (Å²) in [4.78, 5) is 25.6. The number of halogens is 1. The molecule has 5 heteroatoms. The van der Waals surface area contributed by atoms with Gasteiger partial charge in [-0.15, -0.1) is 0 Å². The van der Waals surface area contributed by atoms with Crippen molar-refractivity contribution in [2.75, 3.05) is 5.32 Å². The van der Waals surface area contributed by atoms with Gasteiger partial charge >= 0.3 is 0 Å². The van der Waals surface area contributed by atoms with Crippen LogP contribution < -0.4 is 10.7 Å². The molecule has 0 spiro atoms. The maximum absolute atomic E-state index is 12.9. The molecule has 4 nitrogen and oxygen atoms in total. The first-order valence-corrected chi connectivity index (χ1v) is 9.66. The van der Waals surface area contributed by atoms with Crippen LogP contribution >= 0.6 is 11.6 Å². The fourth-order valence-corrected chi connectivity index (χ4v) is 3.23. The van der Waals surface area contributed by atoms with Crippen LogP contribution in [-0.4, -0.2) is 10.5 Å². The Labute approximate surface area is 160 Å². The number of rotatable bonds is 8. The normalized spacial score (nSPS) is 10.8. The van der Waals surface area contributed by atoms with Crippen molar-refractivity contribution in [1.29, 1.82) is 0 Å². The molecule has 0 atom stereocenters. The van der Waals surface area contributed by atoms with E-state index in [9.17, 15) is 9.59 Å². The van der Waals surface area contributed by atoms with E-state index in [0.717, 1.165) is 43.6 Å². The highest BCUT2D eigenvalue weighted by Gasteiger charge is 2.20. The van der Waals surface area contributed by atoms with Gasteiger partial charge in [0, 0.05) is 24.0 Å². The quantitative estimate of drug-likeness (QED) is 0.689. The second kappa shape index (κ2) is 9.58. The zero-order chi connectivity index (χ0) is 19.1. The van der Waals surface area contributed by atoms with Gasteiger partial charge in [-0.2, -0.15) is 0 Å². The highest BCUT2D eigenvalue weighted by atomic mass is 35.5. The second-order valence-corrected chi connectivity index (χ2v) is 6.92.